The number of rotatable bonds is 6. The maximum Gasteiger partial charge on any atom is 0.220 e. The van der Waals surface area contributed by atoms with E-state index in [4.69, 9.17) is 4.74 Å². The van der Waals surface area contributed by atoms with Gasteiger partial charge in [0.2, 0.25) is 5.91 Å². The van der Waals surface area contributed by atoms with Gasteiger partial charge in [0, 0.05) is 31.6 Å². The summed E-state index contributed by atoms with van der Waals surface area (Å²) in [6.45, 7) is 11.3. The average Bonchev–Trinajstić information content (AvgIpc) is 2.95. The average molecular weight is 310 g/mol. The smallest absolute Gasteiger partial charge is 0.220 e. The Morgan fingerprint density at radius 2 is 1.77 bits per heavy atom. The van der Waals surface area contributed by atoms with Crippen molar-refractivity contribution < 1.29 is 9.53 Å². The van der Waals surface area contributed by atoms with Crippen molar-refractivity contribution in [1.82, 2.24) is 10.2 Å². The Labute approximate surface area is 136 Å². The van der Waals surface area contributed by atoms with Gasteiger partial charge in [-0.3, -0.25) is 9.69 Å². The minimum Gasteiger partial charge on any atom is -0.373 e. The maximum absolute atomic E-state index is 12.1. The lowest BCUT2D eigenvalue weighted by Gasteiger charge is -2.45. The van der Waals surface area contributed by atoms with E-state index >= 15 is 0 Å². The number of carbonyl (C=O) groups excluding carboxylic acids is 1. The molecule has 4 heteroatoms. The number of morpholine rings is 1. The SMILES string of the molecule is CC1CN(C(C)(C)CNC(=O)CCC2CCCC2)CC(C)O1. The van der Waals surface area contributed by atoms with Crippen LogP contribution in [0.5, 0.6) is 0 Å². The summed E-state index contributed by atoms with van der Waals surface area (Å²) in [5.74, 6) is 1.01. The van der Waals surface area contributed by atoms with E-state index in [1.165, 1.54) is 25.7 Å². The molecule has 0 aromatic carbocycles. The Bertz CT molecular complexity index is 354. The second-order valence-electron chi connectivity index (χ2n) is 7.94. The Kier molecular flexibility index (Phi) is 6.27. The first kappa shape index (κ1) is 17.7. The number of carbonyl (C=O) groups is 1. The fraction of sp³-hybridized carbons (Fsp3) is 0.944. The van der Waals surface area contributed by atoms with E-state index < -0.39 is 0 Å². The summed E-state index contributed by atoms with van der Waals surface area (Å²) in [7, 11) is 0. The van der Waals surface area contributed by atoms with E-state index in [9.17, 15) is 4.79 Å². The normalized spacial score (nSPS) is 28.0. The summed E-state index contributed by atoms with van der Waals surface area (Å²) < 4.78 is 5.80. The van der Waals surface area contributed by atoms with E-state index in [1.807, 2.05) is 0 Å². The summed E-state index contributed by atoms with van der Waals surface area (Å²) in [6.07, 6.45) is 7.64. The van der Waals surface area contributed by atoms with Crippen molar-refractivity contribution in [3.05, 3.63) is 0 Å². The first-order valence-electron chi connectivity index (χ1n) is 9.04. The molecule has 2 fully saturated rings. The number of amides is 1. The summed E-state index contributed by atoms with van der Waals surface area (Å²) in [6, 6.07) is 0. The quantitative estimate of drug-likeness (QED) is 0.820. The monoisotopic (exact) mass is 310 g/mol. The van der Waals surface area contributed by atoms with Crippen molar-refractivity contribution in [2.75, 3.05) is 19.6 Å². The predicted octanol–water partition coefficient (Wildman–Crippen LogP) is 2.96. The number of hydrogen-bond acceptors (Lipinski definition) is 3. The Balaban J connectivity index is 1.72. The lowest BCUT2D eigenvalue weighted by Crippen LogP contribution is -2.58. The molecule has 4 nitrogen and oxygen atoms in total. The van der Waals surface area contributed by atoms with Crippen LogP contribution < -0.4 is 5.32 Å². The molecule has 0 spiro atoms. The molecular formula is C18H34N2O2. The molecule has 1 aliphatic heterocycles. The van der Waals surface area contributed by atoms with Gasteiger partial charge < -0.3 is 10.1 Å². The van der Waals surface area contributed by atoms with Crippen molar-refractivity contribution in [1.29, 1.82) is 0 Å². The second-order valence-corrected chi connectivity index (χ2v) is 7.94. The van der Waals surface area contributed by atoms with Gasteiger partial charge in [0.15, 0.2) is 0 Å². The van der Waals surface area contributed by atoms with Gasteiger partial charge in [-0.25, -0.2) is 0 Å². The van der Waals surface area contributed by atoms with Crippen LogP contribution in [0, 0.1) is 5.92 Å². The van der Waals surface area contributed by atoms with Crippen LogP contribution in [-0.4, -0.2) is 48.2 Å². The molecule has 22 heavy (non-hydrogen) atoms. The molecule has 1 amide bonds. The van der Waals surface area contributed by atoms with Gasteiger partial charge in [0.1, 0.15) is 0 Å². The van der Waals surface area contributed by atoms with Crippen molar-refractivity contribution in [3.63, 3.8) is 0 Å². The van der Waals surface area contributed by atoms with Crippen molar-refractivity contribution in [2.45, 2.75) is 84.0 Å². The zero-order chi connectivity index (χ0) is 16.2. The molecule has 0 aromatic rings. The Morgan fingerprint density at radius 1 is 1.18 bits per heavy atom. The van der Waals surface area contributed by atoms with Crippen molar-refractivity contribution >= 4 is 5.91 Å². The predicted molar refractivity (Wildman–Crippen MR) is 89.9 cm³/mol. The van der Waals surface area contributed by atoms with E-state index in [2.05, 4.69) is 37.9 Å². The van der Waals surface area contributed by atoms with Gasteiger partial charge in [-0.05, 0) is 40.0 Å². The molecule has 1 aliphatic carbocycles. The van der Waals surface area contributed by atoms with Crippen LogP contribution in [0.15, 0.2) is 0 Å². The molecule has 1 saturated heterocycles. The largest absolute Gasteiger partial charge is 0.373 e. The third kappa shape index (κ3) is 5.24. The highest BCUT2D eigenvalue weighted by Crippen LogP contribution is 2.28. The molecule has 0 bridgehead atoms. The first-order valence-corrected chi connectivity index (χ1v) is 9.04. The molecule has 2 atom stereocenters. The standard InChI is InChI=1S/C18H34N2O2/c1-14-11-20(12-15(2)22-14)18(3,4)13-19-17(21)10-9-16-7-5-6-8-16/h14-16H,5-13H2,1-4H3,(H,19,21). The highest BCUT2D eigenvalue weighted by molar-refractivity contribution is 5.75. The maximum atomic E-state index is 12.1. The van der Waals surface area contributed by atoms with E-state index in [0.717, 1.165) is 32.0 Å². The molecular weight excluding hydrogens is 276 g/mol. The third-order valence-corrected chi connectivity index (χ3v) is 5.25. The van der Waals surface area contributed by atoms with E-state index in [0.29, 0.717) is 6.42 Å². The van der Waals surface area contributed by atoms with Gasteiger partial charge in [-0.2, -0.15) is 0 Å². The van der Waals surface area contributed by atoms with Gasteiger partial charge in [-0.1, -0.05) is 25.7 Å². The number of nitrogens with zero attached hydrogens (tertiary/aromatic N) is 1. The van der Waals surface area contributed by atoms with Gasteiger partial charge in [0.05, 0.1) is 12.2 Å². The van der Waals surface area contributed by atoms with Gasteiger partial charge in [-0.15, -0.1) is 0 Å². The molecule has 0 radical (unpaired) electrons. The molecule has 128 valence electrons. The lowest BCUT2D eigenvalue weighted by molar-refractivity contribution is -0.123. The molecule has 2 aliphatic rings. The fourth-order valence-corrected chi connectivity index (χ4v) is 3.82. The Hall–Kier alpha value is -0.610. The number of ether oxygens (including phenoxy) is 1. The molecule has 1 heterocycles. The lowest BCUT2D eigenvalue weighted by atomic mass is 9.99. The number of nitrogens with one attached hydrogen (secondary N) is 1. The van der Waals surface area contributed by atoms with Gasteiger partial charge >= 0.3 is 0 Å². The van der Waals surface area contributed by atoms with Crippen LogP contribution in [0.3, 0.4) is 0 Å². The summed E-state index contributed by atoms with van der Waals surface area (Å²) in [4.78, 5) is 14.6. The molecule has 1 saturated carbocycles. The minimum atomic E-state index is -0.0185. The summed E-state index contributed by atoms with van der Waals surface area (Å²) in [5, 5.41) is 3.15. The topological polar surface area (TPSA) is 41.6 Å². The van der Waals surface area contributed by atoms with Crippen LogP contribution in [0.25, 0.3) is 0 Å². The van der Waals surface area contributed by atoms with Crippen LogP contribution >= 0.6 is 0 Å². The van der Waals surface area contributed by atoms with Gasteiger partial charge in [0.25, 0.3) is 0 Å². The van der Waals surface area contributed by atoms with Crippen molar-refractivity contribution in [3.8, 4) is 0 Å². The van der Waals surface area contributed by atoms with Crippen LogP contribution in [0.1, 0.15) is 66.2 Å². The molecule has 0 aromatic heterocycles. The fourth-order valence-electron chi connectivity index (χ4n) is 3.82. The van der Waals surface area contributed by atoms with Crippen LogP contribution in [-0.2, 0) is 9.53 Å². The first-order chi connectivity index (χ1) is 10.4. The molecule has 1 N–H and O–H groups in total. The zero-order valence-corrected chi connectivity index (χ0v) is 14.9. The molecule has 2 unspecified atom stereocenters. The molecule has 2 rings (SSSR count). The van der Waals surface area contributed by atoms with E-state index in [-0.39, 0.29) is 23.7 Å². The highest BCUT2D eigenvalue weighted by Gasteiger charge is 2.33. The summed E-state index contributed by atoms with van der Waals surface area (Å²) >= 11 is 0. The second kappa shape index (κ2) is 7.78. The zero-order valence-electron chi connectivity index (χ0n) is 14.9. The summed E-state index contributed by atoms with van der Waals surface area (Å²) in [5.41, 5.74) is -0.0185. The number of hydrogen-bond donors (Lipinski definition) is 1. The Morgan fingerprint density at radius 3 is 2.36 bits per heavy atom. The third-order valence-electron chi connectivity index (χ3n) is 5.25. The minimum absolute atomic E-state index is 0.0185. The van der Waals surface area contributed by atoms with Crippen LogP contribution in [0.4, 0.5) is 0 Å². The van der Waals surface area contributed by atoms with Crippen molar-refractivity contribution in [2.24, 2.45) is 5.92 Å². The van der Waals surface area contributed by atoms with E-state index in [1.54, 1.807) is 0 Å². The highest BCUT2D eigenvalue weighted by atomic mass is 16.5. The van der Waals surface area contributed by atoms with Crippen LogP contribution in [0.2, 0.25) is 0 Å².